The van der Waals surface area contributed by atoms with E-state index in [4.69, 9.17) is 23.2 Å². The fourth-order valence-corrected chi connectivity index (χ4v) is 2.38. The van der Waals surface area contributed by atoms with E-state index >= 15 is 0 Å². The molecule has 0 fully saturated rings. The molecule has 2 nitrogen and oxygen atoms in total. The first-order valence-corrected chi connectivity index (χ1v) is 6.78. The summed E-state index contributed by atoms with van der Waals surface area (Å²) in [5.41, 5.74) is 2.08. The molecule has 0 aliphatic heterocycles. The molecule has 0 amide bonds. The van der Waals surface area contributed by atoms with Crippen molar-refractivity contribution in [3.05, 3.63) is 52.5 Å². The SMILES string of the molecule is CC(C)(C)C(=Cn1ccnc1)c1ccc(Cl)cc1Cl. The van der Waals surface area contributed by atoms with Crippen LogP contribution in [0.1, 0.15) is 26.3 Å². The Morgan fingerprint density at radius 3 is 2.53 bits per heavy atom. The molecule has 0 unspecified atom stereocenters. The fourth-order valence-electron chi connectivity index (χ4n) is 1.87. The average molecular weight is 295 g/mol. The number of aromatic nitrogens is 2. The highest BCUT2D eigenvalue weighted by atomic mass is 35.5. The number of imidazole rings is 1. The first kappa shape index (κ1) is 14.2. The standard InChI is InChI=1S/C15H16Cl2N2/c1-15(2,3)13(9-19-7-6-18-10-19)12-5-4-11(16)8-14(12)17/h4-10H,1-3H3. The van der Waals surface area contributed by atoms with Crippen molar-refractivity contribution in [3.63, 3.8) is 0 Å². The van der Waals surface area contributed by atoms with E-state index in [2.05, 4.69) is 25.8 Å². The third kappa shape index (κ3) is 3.40. The van der Waals surface area contributed by atoms with E-state index < -0.39 is 0 Å². The maximum absolute atomic E-state index is 6.32. The van der Waals surface area contributed by atoms with Crippen molar-refractivity contribution >= 4 is 35.0 Å². The smallest absolute Gasteiger partial charge is 0.0986 e. The van der Waals surface area contributed by atoms with Crippen molar-refractivity contribution in [2.75, 3.05) is 0 Å². The molecule has 0 bridgehead atoms. The van der Waals surface area contributed by atoms with Crippen LogP contribution >= 0.6 is 23.2 Å². The first-order chi connectivity index (χ1) is 8.88. The van der Waals surface area contributed by atoms with Gasteiger partial charge in [-0.1, -0.05) is 50.0 Å². The molecule has 0 N–H and O–H groups in total. The van der Waals surface area contributed by atoms with Gasteiger partial charge >= 0.3 is 0 Å². The summed E-state index contributed by atoms with van der Waals surface area (Å²) >= 11 is 12.3. The topological polar surface area (TPSA) is 17.8 Å². The third-order valence-electron chi connectivity index (χ3n) is 2.83. The number of nitrogens with zero attached hydrogens (tertiary/aromatic N) is 2. The van der Waals surface area contributed by atoms with E-state index in [9.17, 15) is 0 Å². The number of allylic oxidation sites excluding steroid dienone is 1. The van der Waals surface area contributed by atoms with Crippen LogP contribution < -0.4 is 0 Å². The molecule has 1 aromatic heterocycles. The summed E-state index contributed by atoms with van der Waals surface area (Å²) in [7, 11) is 0. The molecule has 1 heterocycles. The normalized spacial score (nSPS) is 12.8. The van der Waals surface area contributed by atoms with Crippen LogP contribution in [0.3, 0.4) is 0 Å². The van der Waals surface area contributed by atoms with Crippen molar-refractivity contribution in [2.45, 2.75) is 20.8 Å². The number of hydrogen-bond donors (Lipinski definition) is 0. The molecule has 2 rings (SSSR count). The van der Waals surface area contributed by atoms with Gasteiger partial charge in [-0.25, -0.2) is 4.98 Å². The number of hydrogen-bond acceptors (Lipinski definition) is 1. The zero-order chi connectivity index (χ0) is 14.0. The Labute approximate surface area is 123 Å². The van der Waals surface area contributed by atoms with Crippen LogP contribution in [0.2, 0.25) is 10.0 Å². The average Bonchev–Trinajstić information content (AvgIpc) is 2.78. The summed E-state index contributed by atoms with van der Waals surface area (Å²) in [5, 5.41) is 1.30. The minimum Gasteiger partial charge on any atom is -0.313 e. The Hall–Kier alpha value is -1.25. The van der Waals surface area contributed by atoms with Gasteiger partial charge in [0.05, 0.1) is 6.33 Å². The van der Waals surface area contributed by atoms with Gasteiger partial charge in [0.2, 0.25) is 0 Å². The molecule has 0 saturated heterocycles. The third-order valence-corrected chi connectivity index (χ3v) is 3.38. The van der Waals surface area contributed by atoms with E-state index in [0.717, 1.165) is 11.1 Å². The highest BCUT2D eigenvalue weighted by molar-refractivity contribution is 6.35. The summed E-state index contributed by atoms with van der Waals surface area (Å²) in [6, 6.07) is 5.58. The molecule has 0 atom stereocenters. The molecule has 100 valence electrons. The second-order valence-electron chi connectivity index (χ2n) is 5.43. The molecule has 4 heteroatoms. The largest absolute Gasteiger partial charge is 0.313 e. The first-order valence-electron chi connectivity index (χ1n) is 6.03. The van der Waals surface area contributed by atoms with Gasteiger partial charge in [-0.15, -0.1) is 0 Å². The lowest BCUT2D eigenvalue weighted by molar-refractivity contribution is 0.568. The van der Waals surface area contributed by atoms with Gasteiger partial charge in [-0.05, 0) is 28.7 Å². The lowest BCUT2D eigenvalue weighted by Gasteiger charge is -2.24. The van der Waals surface area contributed by atoms with Crippen molar-refractivity contribution < 1.29 is 0 Å². The van der Waals surface area contributed by atoms with Crippen molar-refractivity contribution in [1.29, 1.82) is 0 Å². The number of rotatable bonds is 2. The summed E-state index contributed by atoms with van der Waals surface area (Å²) < 4.78 is 1.92. The molecule has 0 spiro atoms. The summed E-state index contributed by atoms with van der Waals surface area (Å²) in [5.74, 6) is 0. The van der Waals surface area contributed by atoms with E-state index in [0.29, 0.717) is 10.0 Å². The van der Waals surface area contributed by atoms with Crippen LogP contribution in [0.5, 0.6) is 0 Å². The number of benzene rings is 1. The Kier molecular flexibility index (Phi) is 4.02. The summed E-state index contributed by atoms with van der Waals surface area (Å²) in [4.78, 5) is 4.05. The van der Waals surface area contributed by atoms with Crippen molar-refractivity contribution in [2.24, 2.45) is 5.41 Å². The zero-order valence-corrected chi connectivity index (χ0v) is 12.7. The molecule has 0 aliphatic carbocycles. The molecular formula is C15H16Cl2N2. The molecule has 1 aromatic carbocycles. The predicted octanol–water partition coefficient (Wildman–Crippen LogP) is 5.23. The van der Waals surface area contributed by atoms with Gasteiger partial charge in [0.1, 0.15) is 0 Å². The summed E-state index contributed by atoms with van der Waals surface area (Å²) in [6.45, 7) is 6.46. The van der Waals surface area contributed by atoms with Crippen molar-refractivity contribution in [1.82, 2.24) is 9.55 Å². The quantitative estimate of drug-likeness (QED) is 0.741. The van der Waals surface area contributed by atoms with Crippen LogP contribution in [-0.4, -0.2) is 9.55 Å². The van der Waals surface area contributed by atoms with E-state index in [-0.39, 0.29) is 5.41 Å². The molecule has 2 aromatic rings. The zero-order valence-electron chi connectivity index (χ0n) is 11.2. The van der Waals surface area contributed by atoms with Crippen molar-refractivity contribution in [3.8, 4) is 0 Å². The lowest BCUT2D eigenvalue weighted by Crippen LogP contribution is -2.09. The lowest BCUT2D eigenvalue weighted by atomic mass is 9.82. The van der Waals surface area contributed by atoms with Crippen LogP contribution in [0, 0.1) is 5.41 Å². The minimum absolute atomic E-state index is 0.0399. The van der Waals surface area contributed by atoms with Crippen LogP contribution in [0.4, 0.5) is 0 Å². The van der Waals surface area contributed by atoms with E-state index in [1.54, 1.807) is 18.6 Å². The molecular weight excluding hydrogens is 279 g/mol. The molecule has 0 aliphatic rings. The Balaban J connectivity index is 2.56. The fraction of sp³-hybridized carbons (Fsp3) is 0.267. The highest BCUT2D eigenvalue weighted by Crippen LogP contribution is 2.38. The second kappa shape index (κ2) is 5.40. The number of halogens is 2. The second-order valence-corrected chi connectivity index (χ2v) is 6.27. The maximum atomic E-state index is 6.32. The van der Waals surface area contributed by atoms with Gasteiger partial charge < -0.3 is 4.57 Å². The molecule has 19 heavy (non-hydrogen) atoms. The van der Waals surface area contributed by atoms with Gasteiger partial charge in [-0.3, -0.25) is 0 Å². The Morgan fingerprint density at radius 2 is 2.00 bits per heavy atom. The van der Waals surface area contributed by atoms with E-state index in [1.165, 1.54) is 0 Å². The van der Waals surface area contributed by atoms with Crippen LogP contribution in [-0.2, 0) is 0 Å². The van der Waals surface area contributed by atoms with Crippen LogP contribution in [0.15, 0.2) is 36.9 Å². The van der Waals surface area contributed by atoms with Gasteiger partial charge in [0, 0.05) is 28.6 Å². The Bertz CT molecular complexity index is 593. The van der Waals surface area contributed by atoms with Gasteiger partial charge in [0.15, 0.2) is 0 Å². The molecule has 0 radical (unpaired) electrons. The predicted molar refractivity (Wildman–Crippen MR) is 82.3 cm³/mol. The monoisotopic (exact) mass is 294 g/mol. The Morgan fingerprint density at radius 1 is 1.26 bits per heavy atom. The summed E-state index contributed by atoms with van der Waals surface area (Å²) in [6.07, 6.45) is 7.45. The van der Waals surface area contributed by atoms with E-state index in [1.807, 2.05) is 29.1 Å². The highest BCUT2D eigenvalue weighted by Gasteiger charge is 2.21. The maximum Gasteiger partial charge on any atom is 0.0986 e. The van der Waals surface area contributed by atoms with Gasteiger partial charge in [-0.2, -0.15) is 0 Å². The van der Waals surface area contributed by atoms with Crippen LogP contribution in [0.25, 0.3) is 11.8 Å². The van der Waals surface area contributed by atoms with Gasteiger partial charge in [0.25, 0.3) is 0 Å². The molecule has 0 saturated carbocycles. The minimum atomic E-state index is -0.0399.